The topological polar surface area (TPSA) is 99.1 Å². The Morgan fingerprint density at radius 3 is 2.96 bits per heavy atom. The van der Waals surface area contributed by atoms with Crippen LogP contribution in [0.25, 0.3) is 0 Å². The number of hydrogen-bond acceptors (Lipinski definition) is 8. The average Bonchev–Trinajstić information content (AvgIpc) is 3.30. The van der Waals surface area contributed by atoms with Gasteiger partial charge < -0.3 is 19.6 Å². The molecular weight excluding hydrogens is 334 g/mol. The number of aliphatic hydroxyl groups is 1. The SMILES string of the molecule is O=C(CN1CCOC1=O)N1C[C@@H]2CN(c3nncs3)C[C@]2(CO)C1. The summed E-state index contributed by atoms with van der Waals surface area (Å²) < 4.78 is 4.86. The maximum absolute atomic E-state index is 12.5. The third-order valence-electron chi connectivity index (χ3n) is 5.22. The second-order valence-electron chi connectivity index (χ2n) is 6.63. The largest absolute Gasteiger partial charge is 0.448 e. The van der Waals surface area contributed by atoms with Gasteiger partial charge in [0.05, 0.1) is 13.2 Å². The first-order valence-electron chi connectivity index (χ1n) is 7.93. The molecule has 0 aromatic carbocycles. The Labute approximate surface area is 142 Å². The van der Waals surface area contributed by atoms with Crippen LogP contribution in [0.15, 0.2) is 5.51 Å². The molecule has 3 fully saturated rings. The lowest BCUT2D eigenvalue weighted by Crippen LogP contribution is -2.43. The number of carbonyl (C=O) groups excluding carboxylic acids is 2. The van der Waals surface area contributed by atoms with Crippen LogP contribution in [0.1, 0.15) is 0 Å². The molecule has 4 rings (SSSR count). The van der Waals surface area contributed by atoms with Gasteiger partial charge in [-0.1, -0.05) is 11.3 Å². The predicted molar refractivity (Wildman–Crippen MR) is 84.6 cm³/mol. The highest BCUT2D eigenvalue weighted by Crippen LogP contribution is 2.43. The number of carbonyl (C=O) groups is 2. The number of anilines is 1. The van der Waals surface area contributed by atoms with Crippen molar-refractivity contribution in [2.75, 3.05) is 57.4 Å². The smallest absolute Gasteiger partial charge is 0.410 e. The van der Waals surface area contributed by atoms with Crippen molar-refractivity contribution in [3.63, 3.8) is 0 Å². The zero-order chi connectivity index (χ0) is 16.7. The van der Waals surface area contributed by atoms with Crippen LogP contribution in [-0.2, 0) is 9.53 Å². The third-order valence-corrected chi connectivity index (χ3v) is 5.97. The Hall–Kier alpha value is -1.94. The van der Waals surface area contributed by atoms with E-state index in [9.17, 15) is 14.7 Å². The second-order valence-corrected chi connectivity index (χ2v) is 7.44. The Kier molecular flexibility index (Phi) is 3.80. The monoisotopic (exact) mass is 353 g/mol. The molecule has 0 bridgehead atoms. The highest BCUT2D eigenvalue weighted by Gasteiger charge is 2.53. The molecule has 9 nitrogen and oxygen atoms in total. The summed E-state index contributed by atoms with van der Waals surface area (Å²) in [4.78, 5) is 29.3. The van der Waals surface area contributed by atoms with Crippen molar-refractivity contribution < 1.29 is 19.4 Å². The van der Waals surface area contributed by atoms with Crippen molar-refractivity contribution in [2.45, 2.75) is 0 Å². The van der Waals surface area contributed by atoms with Crippen molar-refractivity contribution in [2.24, 2.45) is 11.3 Å². The maximum atomic E-state index is 12.5. The summed E-state index contributed by atoms with van der Waals surface area (Å²) in [5.41, 5.74) is 1.37. The lowest BCUT2D eigenvalue weighted by atomic mass is 9.82. The van der Waals surface area contributed by atoms with Gasteiger partial charge in [0.1, 0.15) is 18.7 Å². The molecule has 2 atom stereocenters. The first kappa shape index (κ1) is 15.6. The van der Waals surface area contributed by atoms with Gasteiger partial charge >= 0.3 is 6.09 Å². The van der Waals surface area contributed by atoms with Crippen molar-refractivity contribution >= 4 is 28.5 Å². The number of likely N-dealkylation sites (tertiary alicyclic amines) is 1. The van der Waals surface area contributed by atoms with Gasteiger partial charge in [0.2, 0.25) is 11.0 Å². The minimum atomic E-state index is -0.429. The number of rotatable bonds is 4. The quantitative estimate of drug-likeness (QED) is 0.760. The molecule has 3 aliphatic rings. The molecule has 10 heteroatoms. The number of ether oxygens (including phenoxy) is 1. The van der Waals surface area contributed by atoms with Gasteiger partial charge in [-0.25, -0.2) is 4.79 Å². The third kappa shape index (κ3) is 2.49. The second kappa shape index (κ2) is 5.85. The number of fused-ring (bicyclic) bond motifs is 1. The molecule has 0 saturated carbocycles. The van der Waals surface area contributed by atoms with Gasteiger partial charge in [0, 0.05) is 37.5 Å². The van der Waals surface area contributed by atoms with Crippen LogP contribution >= 0.6 is 11.3 Å². The highest BCUT2D eigenvalue weighted by molar-refractivity contribution is 7.13. The van der Waals surface area contributed by atoms with Crippen LogP contribution in [0.3, 0.4) is 0 Å². The van der Waals surface area contributed by atoms with E-state index in [1.165, 1.54) is 16.2 Å². The standard InChI is InChI=1S/C14H19N5O4S/c20-8-14-6-18(11(21)5-17-1-2-23-13(17)22)3-10(14)4-19(7-14)12-16-15-9-24-12/h9-10,20H,1-8H2/t10-,14+/m1/s1. The lowest BCUT2D eigenvalue weighted by Gasteiger charge is -2.27. The van der Waals surface area contributed by atoms with E-state index < -0.39 is 6.09 Å². The van der Waals surface area contributed by atoms with E-state index in [2.05, 4.69) is 15.1 Å². The maximum Gasteiger partial charge on any atom is 0.410 e. The Morgan fingerprint density at radius 1 is 1.46 bits per heavy atom. The molecule has 0 radical (unpaired) electrons. The summed E-state index contributed by atoms with van der Waals surface area (Å²) in [7, 11) is 0. The zero-order valence-corrected chi connectivity index (χ0v) is 13.9. The molecule has 130 valence electrons. The van der Waals surface area contributed by atoms with Gasteiger partial charge in [0.15, 0.2) is 0 Å². The highest BCUT2D eigenvalue weighted by atomic mass is 32.1. The number of aromatic nitrogens is 2. The summed E-state index contributed by atoms with van der Waals surface area (Å²) in [6, 6.07) is 0. The Morgan fingerprint density at radius 2 is 2.33 bits per heavy atom. The van der Waals surface area contributed by atoms with E-state index >= 15 is 0 Å². The van der Waals surface area contributed by atoms with Gasteiger partial charge in [-0.05, 0) is 0 Å². The summed E-state index contributed by atoms with van der Waals surface area (Å²) in [5.74, 6) is 0.111. The van der Waals surface area contributed by atoms with Crippen LogP contribution in [-0.4, -0.2) is 89.6 Å². The number of aliphatic hydroxyl groups excluding tert-OH is 1. The van der Waals surface area contributed by atoms with E-state index in [1.54, 1.807) is 10.4 Å². The zero-order valence-electron chi connectivity index (χ0n) is 13.1. The summed E-state index contributed by atoms with van der Waals surface area (Å²) in [6.45, 7) is 3.40. The number of cyclic esters (lactones) is 1. The first-order valence-corrected chi connectivity index (χ1v) is 8.81. The molecule has 3 saturated heterocycles. The Balaban J connectivity index is 1.42. The molecule has 1 aromatic rings. The van der Waals surface area contributed by atoms with Crippen molar-refractivity contribution in [3.8, 4) is 0 Å². The number of hydrogen-bond donors (Lipinski definition) is 1. The minimum Gasteiger partial charge on any atom is -0.448 e. The van der Waals surface area contributed by atoms with Crippen LogP contribution in [0.5, 0.6) is 0 Å². The molecule has 24 heavy (non-hydrogen) atoms. The van der Waals surface area contributed by atoms with Gasteiger partial charge in [-0.15, -0.1) is 10.2 Å². The van der Waals surface area contributed by atoms with Crippen molar-refractivity contribution in [3.05, 3.63) is 5.51 Å². The van der Waals surface area contributed by atoms with E-state index in [1.807, 2.05) is 0 Å². The molecule has 4 heterocycles. The van der Waals surface area contributed by atoms with Crippen LogP contribution in [0.4, 0.5) is 9.93 Å². The summed E-state index contributed by atoms with van der Waals surface area (Å²) >= 11 is 1.48. The van der Waals surface area contributed by atoms with Crippen LogP contribution in [0.2, 0.25) is 0 Å². The normalized spacial score (nSPS) is 29.3. The molecule has 1 N–H and O–H groups in total. The van der Waals surface area contributed by atoms with E-state index in [-0.39, 0.29) is 30.4 Å². The first-order chi connectivity index (χ1) is 11.6. The van der Waals surface area contributed by atoms with E-state index in [0.29, 0.717) is 32.8 Å². The lowest BCUT2D eigenvalue weighted by molar-refractivity contribution is -0.131. The van der Waals surface area contributed by atoms with Crippen molar-refractivity contribution in [1.82, 2.24) is 20.0 Å². The summed E-state index contributed by atoms with van der Waals surface area (Å²) in [6.07, 6.45) is -0.429. The molecule has 2 amide bonds. The molecule has 0 aliphatic carbocycles. The average molecular weight is 353 g/mol. The van der Waals surface area contributed by atoms with E-state index in [0.717, 1.165) is 11.7 Å². The predicted octanol–water partition coefficient (Wildman–Crippen LogP) is -0.753. The number of nitrogens with zero attached hydrogens (tertiary/aromatic N) is 5. The molecule has 1 aromatic heterocycles. The fourth-order valence-electron chi connectivity index (χ4n) is 3.88. The molecule has 0 unspecified atom stereocenters. The van der Waals surface area contributed by atoms with E-state index in [4.69, 9.17) is 4.74 Å². The van der Waals surface area contributed by atoms with Gasteiger partial charge in [-0.2, -0.15) is 0 Å². The number of amides is 2. The minimum absolute atomic E-state index is 0.0303. The molecule has 0 spiro atoms. The van der Waals surface area contributed by atoms with Gasteiger partial charge in [-0.3, -0.25) is 9.69 Å². The van der Waals surface area contributed by atoms with Gasteiger partial charge in [0.25, 0.3) is 0 Å². The molecular formula is C14H19N5O4S. The Bertz CT molecular complexity index is 641. The van der Waals surface area contributed by atoms with Crippen LogP contribution in [0, 0.1) is 11.3 Å². The molecule has 3 aliphatic heterocycles. The fraction of sp³-hybridized carbons (Fsp3) is 0.714. The fourth-order valence-corrected chi connectivity index (χ4v) is 4.45. The van der Waals surface area contributed by atoms with Crippen molar-refractivity contribution in [1.29, 1.82) is 0 Å². The van der Waals surface area contributed by atoms with Crippen LogP contribution < -0.4 is 4.90 Å². The summed E-state index contributed by atoms with van der Waals surface area (Å²) in [5, 5.41) is 18.8.